The summed E-state index contributed by atoms with van der Waals surface area (Å²) in [5.74, 6) is 0.479. The molecule has 3 N–H and O–H groups in total. The molecule has 1 heterocycles. The lowest BCUT2D eigenvalue weighted by Crippen LogP contribution is -2.24. The lowest BCUT2D eigenvalue weighted by molar-refractivity contribution is 0.689. The van der Waals surface area contributed by atoms with E-state index in [1.54, 1.807) is 17.0 Å². The van der Waals surface area contributed by atoms with Crippen molar-refractivity contribution in [1.29, 1.82) is 0 Å². The maximum absolute atomic E-state index is 12.0. The molecule has 1 aromatic rings. The van der Waals surface area contributed by atoms with Crippen LogP contribution in [0, 0.1) is 0 Å². The van der Waals surface area contributed by atoms with Crippen molar-refractivity contribution in [3.63, 3.8) is 0 Å². The van der Waals surface area contributed by atoms with Crippen molar-refractivity contribution in [2.45, 2.75) is 38.1 Å². The number of nitrogens with two attached hydrogens (primary N) is 1. The fourth-order valence-corrected chi connectivity index (χ4v) is 1.84. The minimum Gasteiger partial charge on any atom is -0.365 e. The highest BCUT2D eigenvalue weighted by molar-refractivity contribution is 5.30. The quantitative estimate of drug-likeness (QED) is 0.696. The van der Waals surface area contributed by atoms with Crippen LogP contribution in [0.1, 0.15) is 38.1 Å². The van der Waals surface area contributed by atoms with Gasteiger partial charge in [-0.1, -0.05) is 6.42 Å². The summed E-state index contributed by atoms with van der Waals surface area (Å²) in [5.41, 5.74) is 5.43. The predicted octanol–water partition coefficient (Wildman–Crippen LogP) is 1.12. The zero-order valence-electron chi connectivity index (χ0n) is 10.1. The molecule has 1 fully saturated rings. The molecule has 0 atom stereocenters. The Hall–Kier alpha value is -1.36. The van der Waals surface area contributed by atoms with Crippen LogP contribution < -0.4 is 16.6 Å². The summed E-state index contributed by atoms with van der Waals surface area (Å²) in [6.07, 6.45) is 8.85. The van der Waals surface area contributed by atoms with E-state index in [9.17, 15) is 4.79 Å². The first-order valence-corrected chi connectivity index (χ1v) is 6.34. The van der Waals surface area contributed by atoms with Gasteiger partial charge in [0.15, 0.2) is 5.82 Å². The average Bonchev–Trinajstić information content (AvgIpc) is 3.15. The Bertz CT molecular complexity index is 411. The van der Waals surface area contributed by atoms with Crippen molar-refractivity contribution < 1.29 is 0 Å². The lowest BCUT2D eigenvalue weighted by Gasteiger charge is -2.07. The van der Waals surface area contributed by atoms with Gasteiger partial charge in [0.1, 0.15) is 0 Å². The van der Waals surface area contributed by atoms with E-state index in [2.05, 4.69) is 10.3 Å². The molecular weight excluding hydrogens is 216 g/mol. The second-order valence-electron chi connectivity index (χ2n) is 4.50. The maximum Gasteiger partial charge on any atom is 0.293 e. The SMILES string of the molecule is NCCCCCNc1nccn(C2CC2)c1=O. The summed E-state index contributed by atoms with van der Waals surface area (Å²) in [7, 11) is 0. The Morgan fingerprint density at radius 1 is 1.41 bits per heavy atom. The minimum absolute atomic E-state index is 0.00817. The van der Waals surface area contributed by atoms with E-state index in [-0.39, 0.29) is 5.56 Å². The van der Waals surface area contributed by atoms with Gasteiger partial charge in [-0.25, -0.2) is 4.98 Å². The number of anilines is 1. The van der Waals surface area contributed by atoms with Crippen molar-refractivity contribution in [3.8, 4) is 0 Å². The second kappa shape index (κ2) is 5.82. The fourth-order valence-electron chi connectivity index (χ4n) is 1.84. The molecule has 5 heteroatoms. The highest BCUT2D eigenvalue weighted by atomic mass is 16.1. The predicted molar refractivity (Wildman–Crippen MR) is 68.2 cm³/mol. The van der Waals surface area contributed by atoms with Gasteiger partial charge in [0, 0.05) is 25.0 Å². The van der Waals surface area contributed by atoms with Crippen LogP contribution in [-0.2, 0) is 0 Å². The number of rotatable bonds is 7. The topological polar surface area (TPSA) is 72.9 Å². The normalized spacial score (nSPS) is 14.9. The molecule has 1 aliphatic carbocycles. The summed E-state index contributed by atoms with van der Waals surface area (Å²) in [6.45, 7) is 1.52. The Kier molecular flexibility index (Phi) is 4.14. The third-order valence-electron chi connectivity index (χ3n) is 2.98. The molecular formula is C12H20N4O. The van der Waals surface area contributed by atoms with Crippen LogP contribution in [-0.4, -0.2) is 22.6 Å². The number of unbranched alkanes of at least 4 members (excludes halogenated alkanes) is 2. The van der Waals surface area contributed by atoms with E-state index in [0.717, 1.165) is 45.2 Å². The van der Waals surface area contributed by atoms with Crippen LogP contribution >= 0.6 is 0 Å². The number of aromatic nitrogens is 2. The monoisotopic (exact) mass is 236 g/mol. The molecule has 0 unspecified atom stereocenters. The van der Waals surface area contributed by atoms with Crippen LogP contribution in [0.4, 0.5) is 5.82 Å². The molecule has 0 aliphatic heterocycles. The first-order chi connectivity index (χ1) is 8.33. The van der Waals surface area contributed by atoms with Gasteiger partial charge in [0.25, 0.3) is 5.56 Å². The molecule has 5 nitrogen and oxygen atoms in total. The molecule has 1 aromatic heterocycles. The molecule has 94 valence electrons. The second-order valence-corrected chi connectivity index (χ2v) is 4.50. The highest BCUT2D eigenvalue weighted by Crippen LogP contribution is 2.33. The van der Waals surface area contributed by atoms with Gasteiger partial charge in [-0.2, -0.15) is 0 Å². The Labute approximate surface area is 101 Å². The molecule has 0 aromatic carbocycles. The van der Waals surface area contributed by atoms with Crippen LogP contribution in [0.2, 0.25) is 0 Å². The fraction of sp³-hybridized carbons (Fsp3) is 0.667. The summed E-state index contributed by atoms with van der Waals surface area (Å²) in [4.78, 5) is 16.1. The molecule has 0 saturated heterocycles. The largest absolute Gasteiger partial charge is 0.365 e. The van der Waals surface area contributed by atoms with Gasteiger partial charge in [-0.15, -0.1) is 0 Å². The van der Waals surface area contributed by atoms with Crippen LogP contribution in [0.15, 0.2) is 17.2 Å². The Balaban J connectivity index is 1.87. The minimum atomic E-state index is 0.00817. The van der Waals surface area contributed by atoms with Gasteiger partial charge in [-0.05, 0) is 32.2 Å². The van der Waals surface area contributed by atoms with Crippen molar-refractivity contribution in [1.82, 2.24) is 9.55 Å². The van der Waals surface area contributed by atoms with E-state index in [1.165, 1.54) is 0 Å². The Morgan fingerprint density at radius 3 is 2.94 bits per heavy atom. The third-order valence-corrected chi connectivity index (χ3v) is 2.98. The standard InChI is InChI=1S/C12H20N4O/c13-6-2-1-3-7-14-11-12(17)16(9-8-15-11)10-4-5-10/h8-10H,1-7,13H2,(H,14,15). The molecule has 2 rings (SSSR count). The lowest BCUT2D eigenvalue weighted by atomic mass is 10.2. The van der Waals surface area contributed by atoms with Crippen molar-refractivity contribution in [3.05, 3.63) is 22.7 Å². The summed E-state index contributed by atoms with van der Waals surface area (Å²) >= 11 is 0. The Morgan fingerprint density at radius 2 is 2.24 bits per heavy atom. The maximum atomic E-state index is 12.0. The average molecular weight is 236 g/mol. The van der Waals surface area contributed by atoms with Crippen molar-refractivity contribution in [2.75, 3.05) is 18.4 Å². The first kappa shape index (κ1) is 12.1. The summed E-state index contributed by atoms with van der Waals surface area (Å²) < 4.78 is 1.79. The highest BCUT2D eigenvalue weighted by Gasteiger charge is 2.25. The molecule has 17 heavy (non-hydrogen) atoms. The zero-order valence-corrected chi connectivity index (χ0v) is 10.1. The van der Waals surface area contributed by atoms with E-state index >= 15 is 0 Å². The van der Waals surface area contributed by atoms with E-state index < -0.39 is 0 Å². The van der Waals surface area contributed by atoms with Gasteiger partial charge < -0.3 is 15.6 Å². The molecule has 0 amide bonds. The molecule has 0 radical (unpaired) electrons. The molecule has 0 bridgehead atoms. The number of hydrogen-bond acceptors (Lipinski definition) is 4. The number of nitrogens with one attached hydrogen (secondary N) is 1. The molecule has 1 aliphatic rings. The third kappa shape index (κ3) is 3.30. The van der Waals surface area contributed by atoms with Gasteiger partial charge in [0.2, 0.25) is 0 Å². The smallest absolute Gasteiger partial charge is 0.293 e. The molecule has 1 saturated carbocycles. The zero-order chi connectivity index (χ0) is 12.1. The van der Waals surface area contributed by atoms with Gasteiger partial charge in [-0.3, -0.25) is 4.79 Å². The summed E-state index contributed by atoms with van der Waals surface area (Å²) in [6, 6.07) is 0.406. The van der Waals surface area contributed by atoms with Gasteiger partial charge >= 0.3 is 0 Å². The summed E-state index contributed by atoms with van der Waals surface area (Å²) in [5, 5.41) is 3.11. The molecule has 0 spiro atoms. The van der Waals surface area contributed by atoms with Crippen LogP contribution in [0.25, 0.3) is 0 Å². The number of nitrogens with zero attached hydrogens (tertiary/aromatic N) is 2. The van der Waals surface area contributed by atoms with E-state index in [0.29, 0.717) is 11.9 Å². The van der Waals surface area contributed by atoms with Crippen molar-refractivity contribution in [2.24, 2.45) is 5.73 Å². The first-order valence-electron chi connectivity index (χ1n) is 6.34. The van der Waals surface area contributed by atoms with E-state index in [4.69, 9.17) is 5.73 Å². The van der Waals surface area contributed by atoms with Crippen LogP contribution in [0.5, 0.6) is 0 Å². The van der Waals surface area contributed by atoms with Crippen molar-refractivity contribution >= 4 is 5.82 Å². The number of hydrogen-bond donors (Lipinski definition) is 2. The van der Waals surface area contributed by atoms with Crippen LogP contribution in [0.3, 0.4) is 0 Å². The van der Waals surface area contributed by atoms with Gasteiger partial charge in [0.05, 0.1) is 0 Å². The van der Waals surface area contributed by atoms with E-state index in [1.807, 2.05) is 0 Å².